The SMILES string of the molecule is [3H]C[Si](C[3H])(CCCC)OCC[C@H]1C(=O)N2C(C(=O)O)=C(S[C@H]3CC[S@@](=O)C3)S[C@H]12. The molecule has 10 heteroatoms. The number of nitrogens with zero attached hydrogens (tertiary/aromatic N) is 1. The quantitative estimate of drug-likeness (QED) is 0.389. The van der Waals surface area contributed by atoms with Gasteiger partial charge in [-0.1, -0.05) is 31.5 Å². The highest BCUT2D eigenvalue weighted by atomic mass is 32.2. The second-order valence-electron chi connectivity index (χ2n) is 7.53. The second kappa shape index (κ2) is 9.24. The van der Waals surface area contributed by atoms with Crippen LogP contribution in [0, 0.1) is 5.92 Å². The summed E-state index contributed by atoms with van der Waals surface area (Å²) in [5.74, 6) is -0.350. The van der Waals surface area contributed by atoms with Crippen LogP contribution in [-0.4, -0.2) is 63.1 Å². The van der Waals surface area contributed by atoms with E-state index in [0.717, 1.165) is 25.3 Å². The van der Waals surface area contributed by atoms with Gasteiger partial charge in [-0.3, -0.25) is 13.9 Å². The van der Waals surface area contributed by atoms with Crippen molar-refractivity contribution < 1.29 is 26.1 Å². The lowest BCUT2D eigenvalue weighted by Gasteiger charge is -2.42. The zero-order valence-electron chi connectivity index (χ0n) is 18.1. The molecule has 0 aromatic heterocycles. The first-order chi connectivity index (χ1) is 14.4. The number of carbonyl (C=O) groups is 2. The third-order valence-corrected chi connectivity index (χ3v) is 11.8. The maximum Gasteiger partial charge on any atom is 0.354 e. The molecule has 1 amide bonds. The molecule has 0 bridgehead atoms. The zero-order valence-corrected chi connectivity index (χ0v) is 19.5. The summed E-state index contributed by atoms with van der Waals surface area (Å²) >= 11 is 2.88. The van der Waals surface area contributed by atoms with E-state index in [1.807, 2.05) is 0 Å². The van der Waals surface area contributed by atoms with Crippen molar-refractivity contribution in [3.8, 4) is 0 Å². The summed E-state index contributed by atoms with van der Waals surface area (Å²) < 4.78 is 34.1. The van der Waals surface area contributed by atoms with Gasteiger partial charge in [0.25, 0.3) is 0 Å². The summed E-state index contributed by atoms with van der Waals surface area (Å²) in [5.41, 5.74) is 0.0684. The van der Waals surface area contributed by atoms with Crippen molar-refractivity contribution in [2.75, 3.05) is 18.1 Å². The van der Waals surface area contributed by atoms with E-state index < -0.39 is 25.1 Å². The average molecular weight is 468 g/mol. The molecule has 28 heavy (non-hydrogen) atoms. The fraction of sp³-hybridized carbons (Fsp3) is 0.778. The normalized spacial score (nSPS) is 30.9. The number of carbonyl (C=O) groups excluding carboxylic acids is 1. The van der Waals surface area contributed by atoms with Gasteiger partial charge in [0.05, 0.1) is 15.5 Å². The topological polar surface area (TPSA) is 83.9 Å². The molecular weight excluding hydrogens is 434 g/mol. The van der Waals surface area contributed by atoms with Crippen LogP contribution in [0.25, 0.3) is 0 Å². The zero-order chi connectivity index (χ0) is 21.9. The summed E-state index contributed by atoms with van der Waals surface area (Å²) in [4.78, 5) is 25.9. The third kappa shape index (κ3) is 4.88. The molecule has 0 radical (unpaired) electrons. The minimum absolute atomic E-state index is 0.0684. The molecule has 3 rings (SSSR count). The number of carboxylic acid groups (broad SMARTS) is 1. The highest BCUT2D eigenvalue weighted by molar-refractivity contribution is 8.23. The average Bonchev–Trinajstić information content (AvgIpc) is 3.29. The van der Waals surface area contributed by atoms with Crippen molar-refractivity contribution in [3.63, 3.8) is 0 Å². The Morgan fingerprint density at radius 1 is 1.54 bits per heavy atom. The fourth-order valence-electron chi connectivity index (χ4n) is 3.55. The number of aliphatic carboxylic acids is 1. The van der Waals surface area contributed by atoms with Gasteiger partial charge in [0.2, 0.25) is 5.91 Å². The predicted octanol–water partition coefficient (Wildman–Crippen LogP) is 3.44. The molecule has 158 valence electrons. The van der Waals surface area contributed by atoms with Crippen LogP contribution >= 0.6 is 23.5 Å². The molecule has 6 nitrogen and oxygen atoms in total. The summed E-state index contributed by atoms with van der Waals surface area (Å²) in [5, 5.41) is 9.58. The van der Waals surface area contributed by atoms with Gasteiger partial charge in [0, 0.05) is 36.9 Å². The van der Waals surface area contributed by atoms with E-state index >= 15 is 0 Å². The highest BCUT2D eigenvalue weighted by Gasteiger charge is 2.56. The number of hydrogen-bond donors (Lipinski definition) is 1. The third-order valence-electron chi connectivity index (χ3n) is 5.15. The van der Waals surface area contributed by atoms with Gasteiger partial charge in [0.15, 0.2) is 14.0 Å². The lowest BCUT2D eigenvalue weighted by Crippen LogP contribution is -2.57. The van der Waals surface area contributed by atoms with E-state index in [1.165, 1.54) is 28.4 Å². The van der Waals surface area contributed by atoms with Crippen LogP contribution < -0.4 is 0 Å². The lowest BCUT2D eigenvalue weighted by molar-refractivity contribution is -0.152. The molecule has 2 saturated heterocycles. The Labute approximate surface area is 181 Å². The number of unbranched alkanes of at least 4 members (excludes halogenated alkanes) is 1. The number of thioether (sulfide) groups is 2. The van der Waals surface area contributed by atoms with Gasteiger partial charge in [0.1, 0.15) is 0 Å². The number of carboxylic acids is 1. The molecule has 0 aromatic rings. The summed E-state index contributed by atoms with van der Waals surface area (Å²) in [6, 6.07) is 0.799. The first-order valence-electron chi connectivity index (χ1n) is 11.0. The molecule has 3 heterocycles. The van der Waals surface area contributed by atoms with Crippen LogP contribution in [0.5, 0.6) is 0 Å². The Kier molecular flexibility index (Phi) is 6.49. The number of fused-ring (bicyclic) bond motifs is 1. The Morgan fingerprint density at radius 2 is 2.32 bits per heavy atom. The summed E-state index contributed by atoms with van der Waals surface area (Å²) in [6.07, 6.45) is 3.25. The van der Waals surface area contributed by atoms with E-state index in [-0.39, 0.29) is 41.2 Å². The molecule has 1 N–H and O–H groups in total. The second-order valence-corrected chi connectivity index (χ2v) is 15.0. The molecule has 3 aliphatic heterocycles. The van der Waals surface area contributed by atoms with Crippen molar-refractivity contribution in [1.29, 1.82) is 0 Å². The van der Waals surface area contributed by atoms with Gasteiger partial charge < -0.3 is 9.53 Å². The van der Waals surface area contributed by atoms with Crippen LogP contribution in [0.4, 0.5) is 0 Å². The van der Waals surface area contributed by atoms with Crippen LogP contribution in [-0.2, 0) is 24.8 Å². The predicted molar refractivity (Wildman–Crippen MR) is 118 cm³/mol. The molecule has 2 fully saturated rings. The van der Waals surface area contributed by atoms with E-state index in [0.29, 0.717) is 28.8 Å². The van der Waals surface area contributed by atoms with Gasteiger partial charge in [-0.25, -0.2) is 4.79 Å². The van der Waals surface area contributed by atoms with Crippen molar-refractivity contribution in [2.45, 2.75) is 62.3 Å². The van der Waals surface area contributed by atoms with Crippen molar-refractivity contribution in [1.82, 2.24) is 4.90 Å². The molecule has 0 saturated carbocycles. The maximum atomic E-state index is 12.7. The smallest absolute Gasteiger partial charge is 0.354 e. The first-order valence-corrected chi connectivity index (χ1v) is 15.3. The Hall–Kier alpha value is -0.293. The van der Waals surface area contributed by atoms with Gasteiger partial charge >= 0.3 is 5.97 Å². The molecular formula is C18H29NO5S3Si. The Balaban J connectivity index is 1.59. The first kappa shape index (κ1) is 19.7. The Bertz CT molecular complexity index is 737. The van der Waals surface area contributed by atoms with Crippen molar-refractivity contribution in [3.05, 3.63) is 9.93 Å². The van der Waals surface area contributed by atoms with Crippen LogP contribution in [0.1, 0.15) is 35.3 Å². The van der Waals surface area contributed by atoms with E-state index in [4.69, 9.17) is 7.17 Å². The van der Waals surface area contributed by atoms with Crippen LogP contribution in [0.15, 0.2) is 9.93 Å². The highest BCUT2D eigenvalue weighted by Crippen LogP contribution is 2.55. The minimum Gasteiger partial charge on any atom is -0.477 e. The Morgan fingerprint density at radius 3 is 2.93 bits per heavy atom. The molecule has 4 atom stereocenters. The lowest BCUT2D eigenvalue weighted by atomic mass is 9.94. The largest absolute Gasteiger partial charge is 0.477 e. The van der Waals surface area contributed by atoms with Crippen molar-refractivity contribution in [2.24, 2.45) is 5.92 Å². The molecule has 0 aromatic carbocycles. The van der Waals surface area contributed by atoms with Crippen LogP contribution in [0.3, 0.4) is 0 Å². The van der Waals surface area contributed by atoms with E-state index in [1.54, 1.807) is 0 Å². The van der Waals surface area contributed by atoms with Gasteiger partial charge in [-0.05, 0) is 31.9 Å². The fourth-order valence-corrected chi connectivity index (χ4v) is 10.4. The molecule has 3 aliphatic rings. The monoisotopic (exact) mass is 467 g/mol. The van der Waals surface area contributed by atoms with Gasteiger partial charge in [-0.15, -0.1) is 11.8 Å². The van der Waals surface area contributed by atoms with Gasteiger partial charge in [-0.2, -0.15) is 0 Å². The van der Waals surface area contributed by atoms with E-state index in [9.17, 15) is 18.9 Å². The molecule has 0 spiro atoms. The molecule has 0 unspecified atom stereocenters. The number of amides is 1. The summed E-state index contributed by atoms with van der Waals surface area (Å²) in [6.45, 7) is 2.75. The number of hydrogen-bond acceptors (Lipinski definition) is 6. The number of rotatable bonds is 10. The van der Waals surface area contributed by atoms with Crippen LogP contribution in [0.2, 0.25) is 19.1 Å². The maximum absolute atomic E-state index is 12.7. The molecule has 0 aliphatic carbocycles. The number of β-lactam (4-membered cyclic amide) rings is 1. The summed E-state index contributed by atoms with van der Waals surface area (Å²) in [7, 11) is -3.22. The minimum atomic E-state index is -2.39. The van der Waals surface area contributed by atoms with E-state index in [2.05, 4.69) is 6.92 Å². The van der Waals surface area contributed by atoms with Crippen molar-refractivity contribution >= 4 is 54.5 Å². The standard InChI is InChI=1S/C18H29NO5S3Si/c1-4-5-10-28(2,3)24-8-6-13-15(20)19-14(17(21)22)18(26-16(13)19)25-12-7-9-27(23)11-12/h12-13,16H,4-11H2,1-3H3,(H,21,22)/t12-,13-,16+,27+/m0/s1/i2T,3T.